The van der Waals surface area contributed by atoms with Gasteiger partial charge in [-0.3, -0.25) is 9.69 Å². The van der Waals surface area contributed by atoms with Crippen molar-refractivity contribution in [2.24, 2.45) is 5.92 Å². The monoisotopic (exact) mass is 283 g/mol. The molecule has 0 radical (unpaired) electrons. The lowest BCUT2D eigenvalue weighted by molar-refractivity contribution is -0.127. The van der Waals surface area contributed by atoms with Crippen LogP contribution >= 0.6 is 0 Å². The highest BCUT2D eigenvalue weighted by Gasteiger charge is 2.28. The van der Waals surface area contributed by atoms with Gasteiger partial charge in [-0.1, -0.05) is 6.92 Å². The summed E-state index contributed by atoms with van der Waals surface area (Å²) in [5, 5.41) is 6.58. The molecule has 1 amide bonds. The molecular formula is C16H33N3O. The fourth-order valence-electron chi connectivity index (χ4n) is 2.67. The van der Waals surface area contributed by atoms with Crippen LogP contribution in [0.3, 0.4) is 0 Å². The Morgan fingerprint density at radius 3 is 2.40 bits per heavy atom. The molecule has 0 aromatic heterocycles. The molecule has 0 aromatic rings. The molecule has 0 saturated carbocycles. The van der Waals surface area contributed by atoms with Crippen LogP contribution < -0.4 is 10.6 Å². The second-order valence-corrected chi connectivity index (χ2v) is 7.10. The first-order valence-corrected chi connectivity index (χ1v) is 8.10. The van der Waals surface area contributed by atoms with Crippen LogP contribution in [0.15, 0.2) is 0 Å². The first-order valence-electron chi connectivity index (χ1n) is 8.10. The molecule has 118 valence electrons. The molecule has 1 unspecified atom stereocenters. The number of piperidine rings is 1. The number of amides is 1. The zero-order chi connectivity index (χ0) is 15.2. The van der Waals surface area contributed by atoms with Crippen molar-refractivity contribution in [2.45, 2.75) is 65.5 Å². The van der Waals surface area contributed by atoms with Crippen LogP contribution in [0.4, 0.5) is 0 Å². The van der Waals surface area contributed by atoms with Gasteiger partial charge < -0.3 is 10.6 Å². The molecule has 1 aliphatic rings. The van der Waals surface area contributed by atoms with Crippen molar-refractivity contribution in [3.05, 3.63) is 0 Å². The molecule has 1 aliphatic heterocycles. The third-order valence-corrected chi connectivity index (χ3v) is 3.93. The quantitative estimate of drug-likeness (QED) is 0.733. The molecule has 1 fully saturated rings. The maximum Gasteiger partial charge on any atom is 0.237 e. The summed E-state index contributed by atoms with van der Waals surface area (Å²) in [7, 11) is 0. The molecule has 20 heavy (non-hydrogen) atoms. The van der Waals surface area contributed by atoms with Gasteiger partial charge in [-0.15, -0.1) is 0 Å². The lowest BCUT2D eigenvalue weighted by atomic mass is 9.95. The van der Waals surface area contributed by atoms with Crippen LogP contribution in [0.1, 0.15) is 53.9 Å². The molecule has 1 heterocycles. The van der Waals surface area contributed by atoms with E-state index in [1.54, 1.807) is 0 Å². The minimum Gasteiger partial charge on any atom is -0.350 e. The summed E-state index contributed by atoms with van der Waals surface area (Å²) in [5.41, 5.74) is -0.145. The standard InChI is InChI=1S/C16H33N3O/c1-6-9-17-12-14-7-10-19(11-8-14)13(2)15(20)18-16(3,4)5/h13-14,17H,6-12H2,1-5H3,(H,18,20). The largest absolute Gasteiger partial charge is 0.350 e. The van der Waals surface area contributed by atoms with E-state index in [2.05, 4.69) is 22.5 Å². The minimum atomic E-state index is -0.145. The Kier molecular flexibility index (Phi) is 6.96. The van der Waals surface area contributed by atoms with Crippen molar-refractivity contribution in [1.29, 1.82) is 0 Å². The molecule has 1 rings (SSSR count). The molecule has 4 nitrogen and oxygen atoms in total. The second-order valence-electron chi connectivity index (χ2n) is 7.10. The topological polar surface area (TPSA) is 44.4 Å². The van der Waals surface area contributed by atoms with Crippen LogP contribution in [-0.2, 0) is 4.79 Å². The van der Waals surface area contributed by atoms with E-state index in [4.69, 9.17) is 0 Å². The van der Waals surface area contributed by atoms with Gasteiger partial charge in [-0.25, -0.2) is 0 Å². The van der Waals surface area contributed by atoms with E-state index in [9.17, 15) is 4.79 Å². The molecule has 1 saturated heterocycles. The number of nitrogens with zero attached hydrogens (tertiary/aromatic N) is 1. The highest BCUT2D eigenvalue weighted by atomic mass is 16.2. The number of carbonyl (C=O) groups is 1. The van der Waals surface area contributed by atoms with Crippen LogP contribution in [0.25, 0.3) is 0 Å². The number of hydrogen-bond donors (Lipinski definition) is 2. The van der Waals surface area contributed by atoms with Crippen molar-refractivity contribution >= 4 is 5.91 Å². The number of likely N-dealkylation sites (tertiary alicyclic amines) is 1. The van der Waals surface area contributed by atoms with Gasteiger partial charge in [-0.2, -0.15) is 0 Å². The van der Waals surface area contributed by atoms with Gasteiger partial charge in [0.05, 0.1) is 6.04 Å². The Morgan fingerprint density at radius 2 is 1.90 bits per heavy atom. The summed E-state index contributed by atoms with van der Waals surface area (Å²) in [6, 6.07) is -0.0150. The zero-order valence-corrected chi connectivity index (χ0v) is 14.0. The van der Waals surface area contributed by atoms with Crippen molar-refractivity contribution < 1.29 is 4.79 Å². The summed E-state index contributed by atoms with van der Waals surface area (Å²) < 4.78 is 0. The SMILES string of the molecule is CCCNCC1CCN(C(C)C(=O)NC(C)(C)C)CC1. The Bertz CT molecular complexity index is 291. The smallest absolute Gasteiger partial charge is 0.237 e. The normalized spacial score (nSPS) is 19.9. The van der Waals surface area contributed by atoms with Gasteiger partial charge >= 0.3 is 0 Å². The molecule has 0 aromatic carbocycles. The summed E-state index contributed by atoms with van der Waals surface area (Å²) in [6.07, 6.45) is 3.59. The van der Waals surface area contributed by atoms with Gasteiger partial charge in [0, 0.05) is 5.54 Å². The molecular weight excluding hydrogens is 250 g/mol. The van der Waals surface area contributed by atoms with Crippen molar-refractivity contribution in [1.82, 2.24) is 15.5 Å². The average Bonchev–Trinajstić information content (AvgIpc) is 2.37. The van der Waals surface area contributed by atoms with Crippen LogP contribution in [0.2, 0.25) is 0 Å². The third-order valence-electron chi connectivity index (χ3n) is 3.93. The number of carbonyl (C=O) groups excluding carboxylic acids is 1. The van der Waals surface area contributed by atoms with E-state index in [0.29, 0.717) is 0 Å². The maximum absolute atomic E-state index is 12.2. The fraction of sp³-hybridized carbons (Fsp3) is 0.938. The highest BCUT2D eigenvalue weighted by Crippen LogP contribution is 2.18. The van der Waals surface area contributed by atoms with Gasteiger partial charge in [0.1, 0.15) is 0 Å². The molecule has 0 aliphatic carbocycles. The van der Waals surface area contributed by atoms with E-state index < -0.39 is 0 Å². The zero-order valence-electron chi connectivity index (χ0n) is 14.0. The highest BCUT2D eigenvalue weighted by molar-refractivity contribution is 5.81. The number of nitrogens with one attached hydrogen (secondary N) is 2. The predicted molar refractivity (Wildman–Crippen MR) is 84.8 cm³/mol. The van der Waals surface area contributed by atoms with E-state index in [0.717, 1.165) is 32.1 Å². The molecule has 1 atom stereocenters. The van der Waals surface area contributed by atoms with E-state index in [1.807, 2.05) is 27.7 Å². The minimum absolute atomic E-state index is 0.0150. The van der Waals surface area contributed by atoms with Crippen molar-refractivity contribution in [3.8, 4) is 0 Å². The number of rotatable bonds is 6. The lowest BCUT2D eigenvalue weighted by Crippen LogP contribution is -2.53. The summed E-state index contributed by atoms with van der Waals surface area (Å²) in [6.45, 7) is 14.6. The maximum atomic E-state index is 12.2. The summed E-state index contributed by atoms with van der Waals surface area (Å²) in [5.74, 6) is 0.927. The fourth-order valence-corrected chi connectivity index (χ4v) is 2.67. The Hall–Kier alpha value is -0.610. The first-order chi connectivity index (χ1) is 9.33. The Balaban J connectivity index is 2.31. The van der Waals surface area contributed by atoms with Gasteiger partial charge in [0.2, 0.25) is 5.91 Å². The average molecular weight is 283 g/mol. The van der Waals surface area contributed by atoms with Gasteiger partial charge in [-0.05, 0) is 79.1 Å². The third kappa shape index (κ3) is 6.23. The number of hydrogen-bond acceptors (Lipinski definition) is 3. The second kappa shape index (κ2) is 7.99. The van der Waals surface area contributed by atoms with E-state index >= 15 is 0 Å². The predicted octanol–water partition coefficient (Wildman–Crippen LogP) is 2.00. The van der Waals surface area contributed by atoms with E-state index in [1.165, 1.54) is 19.3 Å². The summed E-state index contributed by atoms with van der Waals surface area (Å²) >= 11 is 0. The van der Waals surface area contributed by atoms with Crippen molar-refractivity contribution in [3.63, 3.8) is 0 Å². The molecule has 2 N–H and O–H groups in total. The van der Waals surface area contributed by atoms with Crippen LogP contribution in [-0.4, -0.2) is 48.6 Å². The Morgan fingerprint density at radius 1 is 1.30 bits per heavy atom. The Labute approximate surface area is 124 Å². The van der Waals surface area contributed by atoms with Crippen LogP contribution in [0, 0.1) is 5.92 Å². The van der Waals surface area contributed by atoms with Crippen molar-refractivity contribution in [2.75, 3.05) is 26.2 Å². The first kappa shape index (κ1) is 17.4. The van der Waals surface area contributed by atoms with Gasteiger partial charge in [0.25, 0.3) is 0 Å². The summed E-state index contributed by atoms with van der Waals surface area (Å²) in [4.78, 5) is 14.5. The van der Waals surface area contributed by atoms with Gasteiger partial charge in [0.15, 0.2) is 0 Å². The van der Waals surface area contributed by atoms with Crippen LogP contribution in [0.5, 0.6) is 0 Å². The molecule has 4 heteroatoms. The van der Waals surface area contributed by atoms with E-state index in [-0.39, 0.29) is 17.5 Å². The molecule has 0 spiro atoms. The molecule has 0 bridgehead atoms. The lowest BCUT2D eigenvalue weighted by Gasteiger charge is -2.36.